The average Bonchev–Trinajstić information content (AvgIpc) is 2.70. The van der Waals surface area contributed by atoms with Crippen molar-refractivity contribution in [2.75, 3.05) is 19.5 Å². The number of rotatable bonds is 5. The Labute approximate surface area is 180 Å². The Morgan fingerprint density at radius 3 is 2.62 bits per heavy atom. The lowest BCUT2D eigenvalue weighted by Gasteiger charge is -2.31. The van der Waals surface area contributed by atoms with Crippen molar-refractivity contribution in [3.8, 4) is 11.5 Å². The number of amides is 1. The number of hydrogen-bond donors (Lipinski definition) is 3. The summed E-state index contributed by atoms with van der Waals surface area (Å²) < 4.78 is 10.9. The average molecular weight is 432 g/mol. The number of halogens is 1. The third-order valence-corrected chi connectivity index (χ3v) is 5.41. The van der Waals surface area contributed by atoms with Crippen LogP contribution in [0.3, 0.4) is 0 Å². The maximum absolute atomic E-state index is 13.3. The van der Waals surface area contributed by atoms with Crippen molar-refractivity contribution in [2.24, 2.45) is 0 Å². The highest BCUT2D eigenvalue weighted by Gasteiger charge is 2.32. The molecule has 0 fully saturated rings. The molecular formula is C21H22ClN3O3S. The highest BCUT2D eigenvalue weighted by molar-refractivity contribution is 7.80. The minimum absolute atomic E-state index is 0.273. The van der Waals surface area contributed by atoms with Gasteiger partial charge in [-0.05, 0) is 62.0 Å². The van der Waals surface area contributed by atoms with Crippen molar-refractivity contribution in [3.05, 3.63) is 63.8 Å². The van der Waals surface area contributed by atoms with Crippen LogP contribution in [0.25, 0.3) is 0 Å². The molecule has 0 aliphatic carbocycles. The van der Waals surface area contributed by atoms with Gasteiger partial charge in [-0.3, -0.25) is 4.79 Å². The lowest BCUT2D eigenvalue weighted by Crippen LogP contribution is -2.45. The van der Waals surface area contributed by atoms with Gasteiger partial charge in [-0.2, -0.15) is 0 Å². The van der Waals surface area contributed by atoms with Gasteiger partial charge >= 0.3 is 0 Å². The minimum Gasteiger partial charge on any atom is -0.497 e. The number of benzene rings is 2. The van der Waals surface area contributed by atoms with Gasteiger partial charge < -0.3 is 25.4 Å². The first-order valence-corrected chi connectivity index (χ1v) is 9.71. The zero-order chi connectivity index (χ0) is 21.1. The second kappa shape index (κ2) is 8.71. The summed E-state index contributed by atoms with van der Waals surface area (Å²) in [5, 5.41) is 10.2. The van der Waals surface area contributed by atoms with Gasteiger partial charge in [-0.15, -0.1) is 0 Å². The van der Waals surface area contributed by atoms with Gasteiger partial charge in [-0.1, -0.05) is 17.7 Å². The summed E-state index contributed by atoms with van der Waals surface area (Å²) >= 11 is 11.5. The van der Waals surface area contributed by atoms with Crippen molar-refractivity contribution in [3.63, 3.8) is 0 Å². The molecule has 1 aliphatic heterocycles. The van der Waals surface area contributed by atoms with Crippen LogP contribution in [0.15, 0.2) is 47.7 Å². The number of anilines is 1. The maximum Gasteiger partial charge on any atom is 0.255 e. The molecule has 0 saturated carbocycles. The van der Waals surface area contributed by atoms with E-state index in [-0.39, 0.29) is 5.91 Å². The molecule has 0 saturated heterocycles. The fourth-order valence-corrected chi connectivity index (χ4v) is 3.67. The Balaban J connectivity index is 2.05. The van der Waals surface area contributed by atoms with Crippen LogP contribution in [0.1, 0.15) is 24.1 Å². The molecule has 1 atom stereocenters. The summed E-state index contributed by atoms with van der Waals surface area (Å²) in [6.07, 6.45) is 0. The van der Waals surface area contributed by atoms with Crippen molar-refractivity contribution in [1.82, 2.24) is 10.6 Å². The van der Waals surface area contributed by atoms with E-state index in [9.17, 15) is 4.79 Å². The lowest BCUT2D eigenvalue weighted by molar-refractivity contribution is -0.113. The van der Waals surface area contributed by atoms with Gasteiger partial charge in [0.25, 0.3) is 5.91 Å². The second-order valence-corrected chi connectivity index (χ2v) is 7.36. The first-order chi connectivity index (χ1) is 13.8. The molecule has 152 valence electrons. The zero-order valence-electron chi connectivity index (χ0n) is 16.6. The molecule has 2 aromatic carbocycles. The van der Waals surface area contributed by atoms with Crippen molar-refractivity contribution in [1.29, 1.82) is 0 Å². The van der Waals surface area contributed by atoms with Crippen LogP contribution in [0, 0.1) is 6.92 Å². The van der Waals surface area contributed by atoms with Gasteiger partial charge in [0, 0.05) is 22.0 Å². The molecule has 3 rings (SSSR count). The predicted molar refractivity (Wildman–Crippen MR) is 119 cm³/mol. The normalized spacial score (nSPS) is 16.0. The smallest absolute Gasteiger partial charge is 0.255 e. The number of carbonyl (C=O) groups excluding carboxylic acids is 1. The highest BCUT2D eigenvalue weighted by atomic mass is 35.5. The van der Waals surface area contributed by atoms with Crippen LogP contribution >= 0.6 is 23.8 Å². The van der Waals surface area contributed by atoms with E-state index in [4.69, 9.17) is 33.3 Å². The molecule has 1 unspecified atom stereocenters. The largest absolute Gasteiger partial charge is 0.497 e. The summed E-state index contributed by atoms with van der Waals surface area (Å²) in [5.41, 5.74) is 3.32. The Bertz CT molecular complexity index is 1010. The monoisotopic (exact) mass is 431 g/mol. The third-order valence-electron chi connectivity index (χ3n) is 4.78. The second-order valence-electron chi connectivity index (χ2n) is 6.54. The molecule has 0 aromatic heterocycles. The van der Waals surface area contributed by atoms with Crippen LogP contribution in [0.2, 0.25) is 5.02 Å². The number of hydrogen-bond acceptors (Lipinski definition) is 4. The molecule has 1 heterocycles. The Kier molecular flexibility index (Phi) is 6.30. The van der Waals surface area contributed by atoms with Crippen LogP contribution in [-0.4, -0.2) is 25.2 Å². The summed E-state index contributed by atoms with van der Waals surface area (Å²) in [4.78, 5) is 13.3. The third kappa shape index (κ3) is 4.31. The van der Waals surface area contributed by atoms with E-state index in [1.807, 2.05) is 26.0 Å². The zero-order valence-corrected chi connectivity index (χ0v) is 18.1. The van der Waals surface area contributed by atoms with Crippen molar-refractivity contribution < 1.29 is 14.3 Å². The fraction of sp³-hybridized carbons (Fsp3) is 0.238. The molecule has 6 nitrogen and oxygen atoms in total. The fourth-order valence-electron chi connectivity index (χ4n) is 3.23. The van der Waals surface area contributed by atoms with Crippen LogP contribution in [0.5, 0.6) is 11.5 Å². The maximum atomic E-state index is 13.3. The van der Waals surface area contributed by atoms with E-state index in [2.05, 4.69) is 16.0 Å². The highest BCUT2D eigenvalue weighted by Crippen LogP contribution is 2.36. The molecule has 1 amide bonds. The van der Waals surface area contributed by atoms with Gasteiger partial charge in [0.05, 0.1) is 25.8 Å². The number of allylic oxidation sites excluding steroid dienone is 1. The van der Waals surface area contributed by atoms with Crippen molar-refractivity contribution in [2.45, 2.75) is 19.9 Å². The molecule has 8 heteroatoms. The van der Waals surface area contributed by atoms with Gasteiger partial charge in [0.15, 0.2) is 5.11 Å². The number of methoxy groups -OCH3 is 2. The molecule has 3 N–H and O–H groups in total. The lowest BCUT2D eigenvalue weighted by atomic mass is 9.93. The summed E-state index contributed by atoms with van der Waals surface area (Å²) in [7, 11) is 3.17. The first kappa shape index (κ1) is 21.0. The predicted octanol–water partition coefficient (Wildman–Crippen LogP) is 4.10. The number of carbonyl (C=O) groups is 1. The van der Waals surface area contributed by atoms with Gasteiger partial charge in [0.2, 0.25) is 0 Å². The summed E-state index contributed by atoms with van der Waals surface area (Å²) in [6, 6.07) is 10.3. The summed E-state index contributed by atoms with van der Waals surface area (Å²) in [6.45, 7) is 3.67. The topological polar surface area (TPSA) is 71.6 Å². The molecule has 1 aliphatic rings. The molecule has 29 heavy (non-hydrogen) atoms. The standard InChI is InChI=1S/C21H22ClN3O3S/c1-11-15(22)6-5-7-16(11)24-20(26)18-12(2)23-21(29)25-19(18)14-10-13(27-3)8-9-17(14)28-4/h5-10,19H,1-4H3,(H,24,26)(H2,23,25,29). The molecule has 0 spiro atoms. The molecule has 2 aromatic rings. The van der Waals surface area contributed by atoms with E-state index < -0.39 is 6.04 Å². The van der Waals surface area contributed by atoms with E-state index in [1.165, 1.54) is 0 Å². The Morgan fingerprint density at radius 1 is 1.17 bits per heavy atom. The first-order valence-electron chi connectivity index (χ1n) is 8.92. The number of thiocarbonyl (C=S) groups is 1. The van der Waals surface area contributed by atoms with E-state index in [0.29, 0.717) is 38.6 Å². The van der Waals surface area contributed by atoms with Crippen LogP contribution in [0.4, 0.5) is 5.69 Å². The van der Waals surface area contributed by atoms with Gasteiger partial charge in [0.1, 0.15) is 11.5 Å². The Morgan fingerprint density at radius 2 is 1.93 bits per heavy atom. The quantitative estimate of drug-likeness (QED) is 0.619. The van der Waals surface area contributed by atoms with E-state index >= 15 is 0 Å². The number of ether oxygens (including phenoxy) is 2. The van der Waals surface area contributed by atoms with Crippen molar-refractivity contribution >= 4 is 40.5 Å². The summed E-state index contributed by atoms with van der Waals surface area (Å²) in [5.74, 6) is 0.991. The minimum atomic E-state index is -0.520. The SMILES string of the molecule is COc1ccc(OC)c(C2NC(=S)NC(C)=C2C(=O)Nc2cccc(Cl)c2C)c1. The van der Waals surface area contributed by atoms with E-state index in [1.54, 1.807) is 38.5 Å². The molecular weight excluding hydrogens is 410 g/mol. The van der Waals surface area contributed by atoms with E-state index in [0.717, 1.165) is 11.1 Å². The van der Waals surface area contributed by atoms with Crippen LogP contribution < -0.4 is 25.4 Å². The Hall–Kier alpha value is -2.77. The molecule has 0 radical (unpaired) electrons. The number of nitrogens with one attached hydrogen (secondary N) is 3. The van der Waals surface area contributed by atoms with Crippen LogP contribution in [-0.2, 0) is 4.79 Å². The van der Waals surface area contributed by atoms with Gasteiger partial charge in [-0.25, -0.2) is 0 Å². The molecule has 0 bridgehead atoms.